The van der Waals surface area contributed by atoms with Crippen molar-refractivity contribution in [3.63, 3.8) is 0 Å². The van der Waals surface area contributed by atoms with Gasteiger partial charge in [0.1, 0.15) is 97.5 Å². The minimum absolute atomic E-state index is 0.287. The second-order valence-corrected chi connectivity index (χ2v) is 20.1. The molecule has 31 nitrogen and oxygen atoms in total. The van der Waals surface area contributed by atoms with E-state index in [2.05, 4.69) is 10.6 Å². The molecule has 7 aliphatic heterocycles. The van der Waals surface area contributed by atoms with E-state index < -0.39 is 211 Å². The first kappa shape index (κ1) is 57.4. The van der Waals surface area contributed by atoms with E-state index in [4.69, 9.17) is 61.2 Å². The van der Waals surface area contributed by atoms with Crippen molar-refractivity contribution in [1.82, 2.24) is 10.6 Å². The molecule has 7 fully saturated rings. The Kier molecular flexibility index (Phi) is 18.7. The van der Waals surface area contributed by atoms with Crippen LogP contribution in [0.5, 0.6) is 0 Å². The number of amides is 2. The summed E-state index contributed by atoms with van der Waals surface area (Å²) in [6.45, 7) is 4.60. The molecule has 414 valence electrons. The number of aliphatic hydroxyl groups excluding tert-OH is 10. The summed E-state index contributed by atoms with van der Waals surface area (Å²) in [4.78, 5) is 48.4. The lowest BCUT2D eigenvalue weighted by molar-refractivity contribution is -0.394. The molecule has 29 atom stereocenters. The Morgan fingerprint density at radius 1 is 0.569 bits per heavy atom. The molecule has 0 aromatic heterocycles. The average molecular weight is 1070 g/mol. The van der Waals surface area contributed by atoms with Gasteiger partial charge in [0.25, 0.3) is 0 Å². The summed E-state index contributed by atoms with van der Waals surface area (Å²) in [5.41, 5.74) is 0. The molecule has 7 rings (SSSR count). The van der Waals surface area contributed by atoms with Crippen molar-refractivity contribution in [2.45, 2.75) is 219 Å². The maximum atomic E-state index is 13.2. The van der Waals surface area contributed by atoms with E-state index in [1.165, 1.54) is 20.8 Å². The number of carbonyl (C=O) groups is 3. The molecule has 72 heavy (non-hydrogen) atoms. The van der Waals surface area contributed by atoms with Gasteiger partial charge in [-0.25, -0.2) is 9.36 Å². The van der Waals surface area contributed by atoms with E-state index >= 15 is 0 Å². The highest BCUT2D eigenvalue weighted by atomic mass is 31.2. The summed E-state index contributed by atoms with van der Waals surface area (Å²) in [7, 11) is -4.80. The quantitative estimate of drug-likeness (QED) is 0.0719. The molecular formula is C40H65N2O29P. The topological polar surface area (TPSA) is 455 Å². The second kappa shape index (κ2) is 23.5. The number of ether oxygens (including phenoxy) is 11. The SMILES string of the molecule is CC(=O)N[C@@H]1[C@@H](O[C@@H]2O[C@H](C(=O)O)[C@H](O[C@@H]3O[C@H](CO)[C@@H](O[C@@H]4O[C@@H](C)[C@@H](O)C[C@@H]4O)[C@H](O[C@@H]4O[C@@H]5COP(=O)(O)O[C@@H]5[C@H](O)[C@H]4O[C@@H]4O[C@@H](C)[C@@H](O)C[C@@H]4O)[C@H]3NC(C)=O)[C@H](O)[C@H]2O)[C@H](O)[C@@H](C)O[C@H]1O. The molecule has 7 heterocycles. The van der Waals surface area contributed by atoms with E-state index in [0.29, 0.717) is 0 Å². The van der Waals surface area contributed by atoms with Crippen LogP contribution >= 0.6 is 7.82 Å². The first-order chi connectivity index (χ1) is 33.8. The number of aliphatic hydroxyl groups is 10. The third kappa shape index (κ3) is 12.6. The van der Waals surface area contributed by atoms with E-state index in [1.807, 2.05) is 0 Å². The molecule has 1 unspecified atom stereocenters. The predicted octanol–water partition coefficient (Wildman–Crippen LogP) is -7.42. The van der Waals surface area contributed by atoms with Crippen LogP contribution < -0.4 is 10.6 Å². The molecule has 7 saturated heterocycles. The molecule has 0 aromatic rings. The normalized spacial score (nSPS) is 51.1. The predicted molar refractivity (Wildman–Crippen MR) is 223 cm³/mol. The van der Waals surface area contributed by atoms with Crippen LogP contribution in [0.15, 0.2) is 0 Å². The van der Waals surface area contributed by atoms with Gasteiger partial charge in [0, 0.05) is 26.7 Å². The maximum Gasteiger partial charge on any atom is 0.472 e. The molecule has 0 radical (unpaired) electrons. The van der Waals surface area contributed by atoms with Gasteiger partial charge in [-0.3, -0.25) is 18.6 Å². The number of phosphoric ester groups is 1. The van der Waals surface area contributed by atoms with Crippen molar-refractivity contribution in [3.8, 4) is 0 Å². The van der Waals surface area contributed by atoms with Crippen molar-refractivity contribution in [1.29, 1.82) is 0 Å². The van der Waals surface area contributed by atoms with Crippen LogP contribution in [0.1, 0.15) is 47.5 Å². The van der Waals surface area contributed by atoms with Crippen LogP contribution in [-0.4, -0.2) is 264 Å². The van der Waals surface area contributed by atoms with Gasteiger partial charge < -0.3 is 124 Å². The van der Waals surface area contributed by atoms with Crippen molar-refractivity contribution in [2.75, 3.05) is 13.2 Å². The van der Waals surface area contributed by atoms with Crippen molar-refractivity contribution in [3.05, 3.63) is 0 Å². The van der Waals surface area contributed by atoms with Crippen LogP contribution in [0.4, 0.5) is 0 Å². The number of rotatable bonds is 14. The van der Waals surface area contributed by atoms with Gasteiger partial charge in [0.2, 0.25) is 11.8 Å². The van der Waals surface area contributed by atoms with Gasteiger partial charge >= 0.3 is 13.8 Å². The second-order valence-electron chi connectivity index (χ2n) is 18.7. The molecular weight excluding hydrogens is 1000 g/mol. The molecule has 0 aliphatic carbocycles. The highest BCUT2D eigenvalue weighted by molar-refractivity contribution is 7.47. The fourth-order valence-electron chi connectivity index (χ4n) is 9.43. The van der Waals surface area contributed by atoms with E-state index in [1.54, 1.807) is 0 Å². The van der Waals surface area contributed by atoms with E-state index in [9.17, 15) is 80.0 Å². The first-order valence-electron chi connectivity index (χ1n) is 23.1. The Balaban J connectivity index is 1.24. The summed E-state index contributed by atoms with van der Waals surface area (Å²) >= 11 is 0. The third-order valence-corrected chi connectivity index (χ3v) is 14.3. The third-order valence-electron chi connectivity index (χ3n) is 13.3. The number of carboxylic acid groups (broad SMARTS) is 1. The molecule has 7 aliphatic rings. The molecule has 14 N–H and O–H groups in total. The zero-order chi connectivity index (χ0) is 52.8. The van der Waals surface area contributed by atoms with Gasteiger partial charge in [-0.15, -0.1) is 0 Å². The van der Waals surface area contributed by atoms with Gasteiger partial charge in [-0.1, -0.05) is 0 Å². The Labute approximate surface area is 409 Å². The van der Waals surface area contributed by atoms with E-state index in [0.717, 1.165) is 13.8 Å². The van der Waals surface area contributed by atoms with Crippen molar-refractivity contribution in [2.24, 2.45) is 0 Å². The van der Waals surface area contributed by atoms with Gasteiger partial charge in [-0.05, 0) is 20.8 Å². The fraction of sp³-hybridized carbons (Fsp3) is 0.925. The number of aliphatic carboxylic acids is 1. The van der Waals surface area contributed by atoms with Gasteiger partial charge in [0.05, 0.1) is 43.7 Å². The lowest BCUT2D eigenvalue weighted by atomic mass is 9.93. The number of carbonyl (C=O) groups excluding carboxylic acids is 2. The number of fused-ring (bicyclic) bond motifs is 1. The molecule has 0 spiro atoms. The van der Waals surface area contributed by atoms with Crippen LogP contribution in [0, 0.1) is 0 Å². The zero-order valence-corrected chi connectivity index (χ0v) is 40.1. The van der Waals surface area contributed by atoms with Gasteiger partial charge in [-0.2, -0.15) is 0 Å². The van der Waals surface area contributed by atoms with Crippen LogP contribution in [0.25, 0.3) is 0 Å². The van der Waals surface area contributed by atoms with Crippen molar-refractivity contribution < 1.29 is 141 Å². The monoisotopic (exact) mass is 1070 g/mol. The molecule has 2 amide bonds. The summed E-state index contributed by atoms with van der Waals surface area (Å²) < 4.78 is 87.9. The van der Waals surface area contributed by atoms with Crippen LogP contribution in [-0.2, 0) is 80.1 Å². The summed E-state index contributed by atoms with van der Waals surface area (Å²) in [6.07, 6.45) is -45.2. The highest BCUT2D eigenvalue weighted by Crippen LogP contribution is 2.51. The first-order valence-corrected chi connectivity index (χ1v) is 24.6. The lowest BCUT2D eigenvalue weighted by Crippen LogP contribution is -2.71. The van der Waals surface area contributed by atoms with Crippen LogP contribution in [0.2, 0.25) is 0 Å². The van der Waals surface area contributed by atoms with Crippen LogP contribution in [0.3, 0.4) is 0 Å². The molecule has 0 saturated carbocycles. The Morgan fingerprint density at radius 2 is 1.11 bits per heavy atom. The smallest absolute Gasteiger partial charge is 0.472 e. The summed E-state index contributed by atoms with van der Waals surface area (Å²) in [5, 5.41) is 126. The Bertz CT molecular complexity index is 1910. The van der Waals surface area contributed by atoms with Crippen molar-refractivity contribution >= 4 is 25.6 Å². The lowest BCUT2D eigenvalue weighted by Gasteiger charge is -2.52. The minimum atomic E-state index is -4.80. The summed E-state index contributed by atoms with van der Waals surface area (Å²) in [5.74, 6) is -3.44. The average Bonchev–Trinajstić information content (AvgIpc) is 3.29. The standard InChI is InChI=1S/C40H65N2O29P/c1-10-15(46)6-17(48)36(61-10)65-28-19(8-43)63-38(68-31-24(51)25(52)39(70-33(31)34(54)55)66-29-21(41-13(4)44)35(56)60-12(3)23(29)50)22(42-14(5)45)30(28)67-40-32(69-37-18(49)7-16(47)11(2)62-37)26(53)27-20(64-40)9-59-72(57,58)71-27/h10-12,15-33,35-40,43,46-53,56H,6-9H2,1-5H3,(H,41,44)(H,42,45)(H,54,55)(H,57,58)/t10-,11-,12+,15-,16-,17-,18-,19+,20+,21+,22+,23+,24+,25+,26-,27-,28+,29+,30+,31+,32+,33-,35+,36-,37-,38-,39+,40-/m0/s1. The number of hydrogen-bond acceptors (Lipinski definition) is 27. The molecule has 0 aromatic carbocycles. The Morgan fingerprint density at radius 3 is 1.68 bits per heavy atom. The number of nitrogens with one attached hydrogen (secondary N) is 2. The molecule has 0 bridgehead atoms. The maximum absolute atomic E-state index is 13.2. The number of carboxylic acids is 1. The molecule has 32 heteroatoms. The summed E-state index contributed by atoms with van der Waals surface area (Å²) in [6, 6.07) is -3.35. The minimum Gasteiger partial charge on any atom is -0.479 e. The fourth-order valence-corrected chi connectivity index (χ4v) is 10.4. The number of hydrogen-bond donors (Lipinski definition) is 14. The Hall–Kier alpha value is -2.32. The zero-order valence-electron chi connectivity index (χ0n) is 39.2. The van der Waals surface area contributed by atoms with Gasteiger partial charge in [0.15, 0.2) is 43.8 Å². The highest BCUT2D eigenvalue weighted by Gasteiger charge is 2.60. The largest absolute Gasteiger partial charge is 0.479 e. The number of phosphoric acid groups is 1. The van der Waals surface area contributed by atoms with E-state index in [-0.39, 0.29) is 12.8 Å².